The number of halogens is 1. The number of hydrogen-bond acceptors (Lipinski definition) is 6. The van der Waals surface area contributed by atoms with Crippen LogP contribution in [0.2, 0.25) is 0 Å². The number of nitrogens with zero attached hydrogens (tertiary/aromatic N) is 1. The molecule has 0 spiro atoms. The van der Waals surface area contributed by atoms with E-state index in [1.165, 1.54) is 12.1 Å². The number of nitrogens with one attached hydrogen (secondary N) is 3. The van der Waals surface area contributed by atoms with Gasteiger partial charge in [0.25, 0.3) is 0 Å². The van der Waals surface area contributed by atoms with Crippen molar-refractivity contribution in [2.24, 2.45) is 0 Å². The van der Waals surface area contributed by atoms with Gasteiger partial charge in [0.15, 0.2) is 10.9 Å². The van der Waals surface area contributed by atoms with E-state index in [0.29, 0.717) is 31.4 Å². The third-order valence-electron chi connectivity index (χ3n) is 7.42. The molecule has 2 amide bonds. The zero-order valence-electron chi connectivity index (χ0n) is 25.5. The summed E-state index contributed by atoms with van der Waals surface area (Å²) in [5, 5.41) is 9.24. The van der Waals surface area contributed by atoms with E-state index < -0.39 is 25.5 Å². The summed E-state index contributed by atoms with van der Waals surface area (Å²) >= 11 is 5.71. The molecule has 1 unspecified atom stereocenters. The van der Waals surface area contributed by atoms with Crippen LogP contribution in [0, 0.1) is 5.82 Å². The van der Waals surface area contributed by atoms with Crippen LogP contribution in [0.3, 0.4) is 0 Å². The quantitative estimate of drug-likeness (QED) is 0.155. The Balaban J connectivity index is 1.53. The Morgan fingerprint density at radius 1 is 0.933 bits per heavy atom. The Bertz CT molecular complexity index is 1450. The molecule has 1 aliphatic rings. The first-order valence-corrected chi connectivity index (χ1v) is 17.1. The second-order valence-electron chi connectivity index (χ2n) is 10.6. The van der Waals surface area contributed by atoms with Gasteiger partial charge in [0.05, 0.1) is 13.2 Å². The third kappa shape index (κ3) is 9.43. The van der Waals surface area contributed by atoms with Gasteiger partial charge in [0, 0.05) is 19.5 Å². The molecule has 12 heteroatoms. The van der Waals surface area contributed by atoms with Gasteiger partial charge < -0.3 is 29.9 Å². The first-order chi connectivity index (χ1) is 21.7. The first-order valence-electron chi connectivity index (χ1n) is 15.1. The van der Waals surface area contributed by atoms with Crippen LogP contribution in [0.25, 0.3) is 0 Å². The molecular weight excluding hydrogens is 614 g/mol. The zero-order valence-corrected chi connectivity index (χ0v) is 27.2. The number of thiocarbonyl (C=S) groups is 1. The molecule has 240 valence electrons. The minimum Gasteiger partial charge on any atom is -0.351 e. The fourth-order valence-electron chi connectivity index (χ4n) is 5.31. The lowest BCUT2D eigenvalue weighted by Crippen LogP contribution is -2.55. The fourth-order valence-corrected chi connectivity index (χ4v) is 7.58. The smallest absolute Gasteiger partial charge is 0.351 e. The number of rotatable bonds is 14. The standard InChI is InChI=1S/C33H40FN4O5PS/c1-3-42-44(41,43-4-2)31(26-14-9-6-10-15-26)37-33(45)36-28(22-24-12-7-5-8-13-24)32(40)38-21-11-16-29(38)30(39)35-23-25-17-19-27(34)20-18-25/h5-10,12-15,17-20,28-29,31H,3-4,11,16,21-23H2,1-2H3,(H,35,39)(H2,36,37,45)/t28-,29-,31?/m0/s1. The van der Waals surface area contributed by atoms with Gasteiger partial charge in [-0.05, 0) is 67.7 Å². The summed E-state index contributed by atoms with van der Waals surface area (Å²) in [6.07, 6.45) is 1.49. The molecule has 4 rings (SSSR count). The second kappa shape index (κ2) is 16.6. The van der Waals surface area contributed by atoms with Crippen molar-refractivity contribution in [2.45, 2.75) is 57.5 Å². The molecule has 1 saturated heterocycles. The maximum absolute atomic E-state index is 14.1. The van der Waals surface area contributed by atoms with E-state index in [1.807, 2.05) is 48.5 Å². The number of likely N-dealkylation sites (tertiary alicyclic amines) is 1. The average molecular weight is 655 g/mol. The number of amides is 2. The number of carbonyl (C=O) groups is 2. The molecule has 0 bridgehead atoms. The predicted octanol–water partition coefficient (Wildman–Crippen LogP) is 5.47. The van der Waals surface area contributed by atoms with E-state index in [4.69, 9.17) is 21.3 Å². The van der Waals surface area contributed by atoms with Gasteiger partial charge in [0.1, 0.15) is 17.9 Å². The highest BCUT2D eigenvalue weighted by atomic mass is 32.1. The van der Waals surface area contributed by atoms with Crippen LogP contribution in [0.4, 0.5) is 4.39 Å². The van der Waals surface area contributed by atoms with Crippen LogP contribution in [0.15, 0.2) is 84.9 Å². The summed E-state index contributed by atoms with van der Waals surface area (Å²) in [4.78, 5) is 28.9. The zero-order chi connectivity index (χ0) is 32.2. The van der Waals surface area contributed by atoms with Crippen molar-refractivity contribution in [1.29, 1.82) is 0 Å². The van der Waals surface area contributed by atoms with Gasteiger partial charge in [-0.3, -0.25) is 14.2 Å². The maximum atomic E-state index is 14.1. The van der Waals surface area contributed by atoms with Gasteiger partial charge in [0.2, 0.25) is 11.8 Å². The molecule has 45 heavy (non-hydrogen) atoms. The lowest BCUT2D eigenvalue weighted by Gasteiger charge is -2.32. The van der Waals surface area contributed by atoms with E-state index in [-0.39, 0.29) is 42.5 Å². The molecule has 1 aliphatic heterocycles. The summed E-state index contributed by atoms with van der Waals surface area (Å²) in [7, 11) is -3.73. The Kier molecular flexibility index (Phi) is 12.6. The monoisotopic (exact) mass is 654 g/mol. The number of hydrogen-bond donors (Lipinski definition) is 3. The third-order valence-corrected chi connectivity index (χ3v) is 9.95. The molecule has 3 aromatic rings. The van der Waals surface area contributed by atoms with Crippen molar-refractivity contribution in [3.8, 4) is 0 Å². The lowest BCUT2D eigenvalue weighted by atomic mass is 10.0. The fraction of sp³-hybridized carbons (Fsp3) is 0.364. The van der Waals surface area contributed by atoms with Crippen molar-refractivity contribution >= 4 is 36.7 Å². The molecule has 0 radical (unpaired) electrons. The summed E-state index contributed by atoms with van der Waals surface area (Å²) in [6.45, 7) is 4.44. The van der Waals surface area contributed by atoms with Crippen molar-refractivity contribution < 1.29 is 27.6 Å². The molecule has 9 nitrogen and oxygen atoms in total. The van der Waals surface area contributed by atoms with E-state index >= 15 is 0 Å². The lowest BCUT2D eigenvalue weighted by molar-refractivity contribution is -0.139. The highest BCUT2D eigenvalue weighted by molar-refractivity contribution is 7.80. The molecule has 1 fully saturated rings. The van der Waals surface area contributed by atoms with Gasteiger partial charge in [-0.1, -0.05) is 72.8 Å². The van der Waals surface area contributed by atoms with Gasteiger partial charge in [-0.2, -0.15) is 0 Å². The Morgan fingerprint density at radius 2 is 1.56 bits per heavy atom. The van der Waals surface area contributed by atoms with E-state index in [2.05, 4.69) is 16.0 Å². The molecule has 0 aliphatic carbocycles. The van der Waals surface area contributed by atoms with E-state index in [9.17, 15) is 18.5 Å². The summed E-state index contributed by atoms with van der Waals surface area (Å²) < 4.78 is 38.6. The Morgan fingerprint density at radius 3 is 2.18 bits per heavy atom. The normalized spacial score (nSPS) is 16.1. The topological polar surface area (TPSA) is 109 Å². The van der Waals surface area contributed by atoms with Crippen LogP contribution in [0.5, 0.6) is 0 Å². The molecule has 1 heterocycles. The average Bonchev–Trinajstić information content (AvgIpc) is 3.54. The van der Waals surface area contributed by atoms with E-state index in [0.717, 1.165) is 11.1 Å². The molecule has 3 aromatic carbocycles. The van der Waals surface area contributed by atoms with Crippen LogP contribution < -0.4 is 16.0 Å². The first kappa shape index (κ1) is 34.2. The Hall–Kier alpha value is -3.63. The summed E-state index contributed by atoms with van der Waals surface area (Å²) in [5.41, 5.74) is 2.30. The van der Waals surface area contributed by atoms with Gasteiger partial charge >= 0.3 is 7.60 Å². The number of carbonyl (C=O) groups excluding carboxylic acids is 2. The largest absolute Gasteiger partial charge is 0.357 e. The van der Waals surface area contributed by atoms with E-state index in [1.54, 1.807) is 43.0 Å². The minimum atomic E-state index is -3.73. The molecule has 0 aromatic heterocycles. The molecular formula is C33H40FN4O5PS. The number of benzene rings is 3. The highest BCUT2D eigenvalue weighted by Crippen LogP contribution is 2.59. The van der Waals surface area contributed by atoms with Crippen LogP contribution in [-0.4, -0.2) is 53.7 Å². The molecule has 3 N–H and O–H groups in total. The molecule has 0 saturated carbocycles. The SMILES string of the molecule is CCOP(=O)(OCC)C(NC(=S)N[C@@H](Cc1ccccc1)C(=O)N1CCC[C@H]1C(=O)NCc1ccc(F)cc1)c1ccccc1. The maximum Gasteiger partial charge on any atom is 0.357 e. The molecule has 3 atom stereocenters. The van der Waals surface area contributed by atoms with Crippen LogP contribution in [0.1, 0.15) is 49.2 Å². The van der Waals surface area contributed by atoms with Crippen molar-refractivity contribution in [3.63, 3.8) is 0 Å². The van der Waals surface area contributed by atoms with Gasteiger partial charge in [-0.25, -0.2) is 4.39 Å². The second-order valence-corrected chi connectivity index (χ2v) is 13.1. The summed E-state index contributed by atoms with van der Waals surface area (Å²) in [6, 6.07) is 23.0. The Labute approximate surface area is 269 Å². The van der Waals surface area contributed by atoms with Crippen molar-refractivity contribution in [2.75, 3.05) is 19.8 Å². The van der Waals surface area contributed by atoms with Crippen LogP contribution >= 0.6 is 19.8 Å². The predicted molar refractivity (Wildman–Crippen MR) is 176 cm³/mol. The minimum absolute atomic E-state index is 0.0919. The van der Waals surface area contributed by atoms with Crippen molar-refractivity contribution in [1.82, 2.24) is 20.9 Å². The van der Waals surface area contributed by atoms with Crippen molar-refractivity contribution in [3.05, 3.63) is 107 Å². The summed E-state index contributed by atoms with van der Waals surface area (Å²) in [5.74, 6) is -1.84. The van der Waals surface area contributed by atoms with Crippen LogP contribution in [-0.2, 0) is 36.2 Å². The highest BCUT2D eigenvalue weighted by Gasteiger charge is 2.40. The van der Waals surface area contributed by atoms with Gasteiger partial charge in [-0.15, -0.1) is 0 Å².